The van der Waals surface area contributed by atoms with Crippen LogP contribution in [0.3, 0.4) is 0 Å². The van der Waals surface area contributed by atoms with Crippen molar-refractivity contribution in [2.45, 2.75) is 32.6 Å². The highest BCUT2D eigenvalue weighted by Gasteiger charge is 2.34. The van der Waals surface area contributed by atoms with Crippen molar-refractivity contribution < 1.29 is 9.47 Å². The minimum absolute atomic E-state index is 0.00532. The van der Waals surface area contributed by atoms with Crippen molar-refractivity contribution in [3.63, 3.8) is 0 Å². The van der Waals surface area contributed by atoms with Crippen LogP contribution in [0.1, 0.15) is 31.0 Å². The number of rotatable bonds is 4. The standard InChI is InChI=1S/C13H21N3O2/c1-8-5-11(6-17-4)18-13(8)16-7-15-12(9(2)14)10(16)3/h7-8,11,13H,2,5-6,14H2,1,3-4H3/t8-,11+,13-/m1/s1. The van der Waals surface area contributed by atoms with E-state index in [0.29, 0.717) is 18.2 Å². The quantitative estimate of drug-likeness (QED) is 0.884. The number of ether oxygens (including phenoxy) is 2. The van der Waals surface area contributed by atoms with Crippen LogP contribution in [0.4, 0.5) is 0 Å². The Labute approximate surface area is 108 Å². The van der Waals surface area contributed by atoms with Crippen molar-refractivity contribution in [1.82, 2.24) is 9.55 Å². The highest BCUT2D eigenvalue weighted by Crippen LogP contribution is 2.35. The van der Waals surface area contributed by atoms with E-state index in [-0.39, 0.29) is 12.3 Å². The van der Waals surface area contributed by atoms with E-state index in [2.05, 4.69) is 18.5 Å². The third-order valence-corrected chi connectivity index (χ3v) is 3.43. The number of hydrogen-bond acceptors (Lipinski definition) is 4. The van der Waals surface area contributed by atoms with Gasteiger partial charge in [-0.05, 0) is 13.3 Å². The van der Waals surface area contributed by atoms with E-state index in [4.69, 9.17) is 15.2 Å². The molecule has 0 unspecified atom stereocenters. The van der Waals surface area contributed by atoms with Gasteiger partial charge in [0.1, 0.15) is 11.9 Å². The zero-order chi connectivity index (χ0) is 13.3. The smallest absolute Gasteiger partial charge is 0.138 e. The average Bonchev–Trinajstić information content (AvgIpc) is 2.83. The van der Waals surface area contributed by atoms with Crippen LogP contribution in [0, 0.1) is 12.8 Å². The van der Waals surface area contributed by atoms with E-state index < -0.39 is 0 Å². The molecule has 2 heterocycles. The summed E-state index contributed by atoms with van der Waals surface area (Å²) in [6, 6.07) is 0. The lowest BCUT2D eigenvalue weighted by atomic mass is 10.1. The summed E-state index contributed by atoms with van der Waals surface area (Å²) in [4.78, 5) is 4.29. The van der Waals surface area contributed by atoms with E-state index in [1.807, 2.05) is 11.5 Å². The predicted octanol–water partition coefficient (Wildman–Crippen LogP) is 1.69. The van der Waals surface area contributed by atoms with Crippen molar-refractivity contribution in [3.8, 4) is 0 Å². The maximum atomic E-state index is 6.00. The van der Waals surface area contributed by atoms with E-state index in [0.717, 1.165) is 17.8 Å². The van der Waals surface area contributed by atoms with Gasteiger partial charge < -0.3 is 19.8 Å². The third kappa shape index (κ3) is 2.28. The zero-order valence-electron chi connectivity index (χ0n) is 11.2. The van der Waals surface area contributed by atoms with Crippen LogP contribution in [-0.4, -0.2) is 29.4 Å². The van der Waals surface area contributed by atoms with E-state index in [9.17, 15) is 0 Å². The first-order valence-electron chi connectivity index (χ1n) is 6.17. The second-order valence-electron chi connectivity index (χ2n) is 4.93. The molecule has 1 aliphatic heterocycles. The summed E-state index contributed by atoms with van der Waals surface area (Å²) in [7, 11) is 1.69. The maximum absolute atomic E-state index is 6.00. The molecule has 3 atom stereocenters. The average molecular weight is 251 g/mol. The molecule has 1 aliphatic rings. The molecule has 1 aromatic rings. The van der Waals surface area contributed by atoms with Crippen molar-refractivity contribution in [2.24, 2.45) is 11.7 Å². The summed E-state index contributed by atoms with van der Waals surface area (Å²) >= 11 is 0. The van der Waals surface area contributed by atoms with Gasteiger partial charge in [0.25, 0.3) is 0 Å². The van der Waals surface area contributed by atoms with E-state index in [1.165, 1.54) is 0 Å². The molecule has 0 radical (unpaired) electrons. The largest absolute Gasteiger partial charge is 0.397 e. The Hall–Kier alpha value is -1.33. The molecule has 0 aliphatic carbocycles. The van der Waals surface area contributed by atoms with Crippen LogP contribution < -0.4 is 5.73 Å². The lowest BCUT2D eigenvalue weighted by molar-refractivity contribution is -0.0399. The lowest BCUT2D eigenvalue weighted by Crippen LogP contribution is -2.17. The van der Waals surface area contributed by atoms with E-state index >= 15 is 0 Å². The third-order valence-electron chi connectivity index (χ3n) is 3.43. The first-order valence-corrected chi connectivity index (χ1v) is 6.17. The molecule has 0 saturated carbocycles. The van der Waals surface area contributed by atoms with Crippen LogP contribution >= 0.6 is 0 Å². The zero-order valence-corrected chi connectivity index (χ0v) is 11.2. The van der Waals surface area contributed by atoms with Gasteiger partial charge in [0.15, 0.2) is 0 Å². The van der Waals surface area contributed by atoms with Gasteiger partial charge in [-0.15, -0.1) is 0 Å². The van der Waals surface area contributed by atoms with Crippen molar-refractivity contribution in [2.75, 3.05) is 13.7 Å². The maximum Gasteiger partial charge on any atom is 0.138 e. The second kappa shape index (κ2) is 5.12. The predicted molar refractivity (Wildman–Crippen MR) is 69.8 cm³/mol. The van der Waals surface area contributed by atoms with Crippen molar-refractivity contribution in [3.05, 3.63) is 24.3 Å². The Balaban J connectivity index is 2.19. The van der Waals surface area contributed by atoms with Crippen molar-refractivity contribution in [1.29, 1.82) is 0 Å². The Morgan fingerprint density at radius 2 is 2.44 bits per heavy atom. The van der Waals surface area contributed by atoms with Crippen LogP contribution in [0.5, 0.6) is 0 Å². The number of nitrogens with zero attached hydrogens (tertiary/aromatic N) is 2. The van der Waals surface area contributed by atoms with Gasteiger partial charge in [0.05, 0.1) is 24.7 Å². The molecule has 5 heteroatoms. The molecule has 1 fully saturated rings. The fourth-order valence-corrected chi connectivity index (χ4v) is 2.54. The molecule has 1 saturated heterocycles. The summed E-state index contributed by atoms with van der Waals surface area (Å²) in [5, 5.41) is 0. The van der Waals surface area contributed by atoms with Gasteiger partial charge in [-0.3, -0.25) is 0 Å². The second-order valence-corrected chi connectivity index (χ2v) is 4.93. The fourth-order valence-electron chi connectivity index (χ4n) is 2.54. The topological polar surface area (TPSA) is 62.3 Å². The molecule has 0 bridgehead atoms. The minimum Gasteiger partial charge on any atom is -0.397 e. The Morgan fingerprint density at radius 3 is 3.00 bits per heavy atom. The minimum atomic E-state index is 0.00532. The normalized spacial score (nSPS) is 27.6. The van der Waals surface area contributed by atoms with Gasteiger partial charge in [0.2, 0.25) is 0 Å². The molecule has 2 rings (SSSR count). The van der Waals surface area contributed by atoms with Crippen LogP contribution in [0.15, 0.2) is 12.9 Å². The van der Waals surface area contributed by atoms with Gasteiger partial charge in [0, 0.05) is 18.7 Å². The fraction of sp³-hybridized carbons (Fsp3) is 0.615. The van der Waals surface area contributed by atoms with Crippen LogP contribution in [-0.2, 0) is 9.47 Å². The summed E-state index contributed by atoms with van der Waals surface area (Å²) in [5.41, 5.74) is 7.94. The van der Waals surface area contributed by atoms with E-state index in [1.54, 1.807) is 13.4 Å². The molecule has 0 spiro atoms. The highest BCUT2D eigenvalue weighted by atomic mass is 16.5. The molecular weight excluding hydrogens is 230 g/mol. The monoisotopic (exact) mass is 251 g/mol. The van der Waals surface area contributed by atoms with Gasteiger partial charge in [-0.2, -0.15) is 0 Å². The molecular formula is C13H21N3O2. The highest BCUT2D eigenvalue weighted by molar-refractivity contribution is 5.58. The van der Waals surface area contributed by atoms with Gasteiger partial charge in [-0.1, -0.05) is 13.5 Å². The number of hydrogen-bond donors (Lipinski definition) is 1. The molecule has 0 amide bonds. The van der Waals surface area contributed by atoms with Crippen LogP contribution in [0.25, 0.3) is 5.70 Å². The molecule has 100 valence electrons. The van der Waals surface area contributed by atoms with Crippen LogP contribution in [0.2, 0.25) is 0 Å². The summed E-state index contributed by atoms with van der Waals surface area (Å²) in [5.74, 6) is 0.428. The SMILES string of the molecule is C=C(N)c1ncn([C@@H]2O[C@H](COC)C[C@H]2C)c1C. The molecule has 2 N–H and O–H groups in total. The number of aromatic nitrogens is 2. The molecule has 0 aromatic carbocycles. The van der Waals surface area contributed by atoms with Gasteiger partial charge >= 0.3 is 0 Å². The summed E-state index contributed by atoms with van der Waals surface area (Å²) < 4.78 is 13.2. The molecule has 5 nitrogen and oxygen atoms in total. The Bertz CT molecular complexity index is 441. The summed E-state index contributed by atoms with van der Waals surface area (Å²) in [6.45, 7) is 8.52. The molecule has 18 heavy (non-hydrogen) atoms. The lowest BCUT2D eigenvalue weighted by Gasteiger charge is -2.19. The summed E-state index contributed by atoms with van der Waals surface area (Å²) in [6.07, 6.45) is 2.93. The molecule has 1 aromatic heterocycles. The number of methoxy groups -OCH3 is 1. The van der Waals surface area contributed by atoms with Crippen molar-refractivity contribution >= 4 is 5.70 Å². The first-order chi connectivity index (χ1) is 8.54. The first kappa shape index (κ1) is 13.1. The Kier molecular flexibility index (Phi) is 3.73. The Morgan fingerprint density at radius 1 is 1.72 bits per heavy atom. The van der Waals surface area contributed by atoms with Gasteiger partial charge in [-0.25, -0.2) is 4.98 Å². The number of nitrogens with two attached hydrogens (primary N) is 1. The number of imidazole rings is 1.